The van der Waals surface area contributed by atoms with Crippen LogP contribution >= 0.6 is 0 Å². The van der Waals surface area contributed by atoms with Crippen LogP contribution in [0.4, 0.5) is 10.5 Å². The van der Waals surface area contributed by atoms with Crippen molar-refractivity contribution in [3.63, 3.8) is 0 Å². The van der Waals surface area contributed by atoms with E-state index in [-0.39, 0.29) is 6.03 Å². The van der Waals surface area contributed by atoms with Crippen molar-refractivity contribution in [2.45, 2.75) is 19.8 Å². The van der Waals surface area contributed by atoms with E-state index in [2.05, 4.69) is 17.6 Å². The molecule has 0 aliphatic heterocycles. The number of unbranched alkanes of at least 4 members (excludes halogenated alkanes) is 1. The Kier molecular flexibility index (Phi) is 6.64. The summed E-state index contributed by atoms with van der Waals surface area (Å²) < 4.78 is 5.34. The normalized spacial score (nSPS) is 9.89. The van der Waals surface area contributed by atoms with Gasteiger partial charge in [-0.05, 0) is 30.7 Å². The fourth-order valence-electron chi connectivity index (χ4n) is 1.37. The molecule has 0 spiro atoms. The molecule has 1 aromatic carbocycles. The topological polar surface area (TPSA) is 76.4 Å². The molecule has 5 heteroatoms. The number of carbonyl (C=O) groups excluding carboxylic acids is 1. The van der Waals surface area contributed by atoms with E-state index in [0.29, 0.717) is 19.7 Å². The van der Waals surface area contributed by atoms with Crippen molar-refractivity contribution >= 4 is 11.7 Å². The van der Waals surface area contributed by atoms with E-state index in [1.807, 2.05) is 0 Å². The molecule has 0 fully saturated rings. The number of urea groups is 1. The number of nitrogens with two attached hydrogens (primary N) is 1. The predicted molar refractivity (Wildman–Crippen MR) is 72.9 cm³/mol. The van der Waals surface area contributed by atoms with Crippen molar-refractivity contribution in [1.82, 2.24) is 5.32 Å². The average molecular weight is 251 g/mol. The first kappa shape index (κ1) is 14.3. The molecular weight excluding hydrogens is 230 g/mol. The molecule has 18 heavy (non-hydrogen) atoms. The van der Waals surface area contributed by atoms with Crippen molar-refractivity contribution < 1.29 is 9.53 Å². The highest BCUT2D eigenvalue weighted by atomic mass is 16.5. The molecule has 1 aromatic rings. The number of hydrogen-bond acceptors (Lipinski definition) is 3. The Labute approximate surface area is 108 Å². The second-order valence-electron chi connectivity index (χ2n) is 3.90. The van der Waals surface area contributed by atoms with Crippen LogP contribution in [-0.4, -0.2) is 25.7 Å². The largest absolute Gasteiger partial charge is 0.492 e. The maximum absolute atomic E-state index is 11.5. The number of rotatable bonds is 7. The van der Waals surface area contributed by atoms with Gasteiger partial charge < -0.3 is 21.1 Å². The Morgan fingerprint density at radius 3 is 2.67 bits per heavy atom. The first-order valence-corrected chi connectivity index (χ1v) is 6.24. The summed E-state index contributed by atoms with van der Waals surface area (Å²) in [6.45, 7) is 3.75. The van der Waals surface area contributed by atoms with Gasteiger partial charge in [-0.25, -0.2) is 4.79 Å². The van der Waals surface area contributed by atoms with Gasteiger partial charge in [-0.3, -0.25) is 0 Å². The van der Waals surface area contributed by atoms with Crippen LogP contribution in [0.2, 0.25) is 0 Å². The first-order chi connectivity index (χ1) is 8.76. The monoisotopic (exact) mass is 251 g/mol. The molecule has 0 atom stereocenters. The summed E-state index contributed by atoms with van der Waals surface area (Å²) in [5.41, 5.74) is 6.08. The molecule has 0 aliphatic rings. The minimum Gasteiger partial charge on any atom is -0.492 e. The van der Waals surface area contributed by atoms with Gasteiger partial charge in [0.15, 0.2) is 0 Å². The third kappa shape index (κ3) is 5.54. The van der Waals surface area contributed by atoms with Gasteiger partial charge in [-0.1, -0.05) is 13.3 Å². The summed E-state index contributed by atoms with van der Waals surface area (Å²) in [6, 6.07) is 7.02. The van der Waals surface area contributed by atoms with Crippen LogP contribution in [0.1, 0.15) is 19.8 Å². The van der Waals surface area contributed by atoms with Gasteiger partial charge in [0.05, 0.1) is 0 Å². The van der Waals surface area contributed by atoms with E-state index in [1.165, 1.54) is 0 Å². The Hall–Kier alpha value is -1.75. The number of ether oxygens (including phenoxy) is 1. The lowest BCUT2D eigenvalue weighted by Crippen LogP contribution is -2.29. The van der Waals surface area contributed by atoms with E-state index in [1.54, 1.807) is 24.3 Å². The number of benzene rings is 1. The average Bonchev–Trinajstić information content (AvgIpc) is 2.38. The van der Waals surface area contributed by atoms with E-state index >= 15 is 0 Å². The zero-order chi connectivity index (χ0) is 13.2. The SMILES string of the molecule is CCCCNC(=O)Nc1ccc(OCCN)cc1. The third-order valence-corrected chi connectivity index (χ3v) is 2.31. The van der Waals surface area contributed by atoms with Gasteiger partial charge in [0.25, 0.3) is 0 Å². The molecule has 0 unspecified atom stereocenters. The quantitative estimate of drug-likeness (QED) is 0.648. The van der Waals surface area contributed by atoms with Gasteiger partial charge in [-0.2, -0.15) is 0 Å². The zero-order valence-electron chi connectivity index (χ0n) is 10.7. The summed E-state index contributed by atoms with van der Waals surface area (Å²) in [7, 11) is 0. The molecule has 0 radical (unpaired) electrons. The molecule has 5 nitrogen and oxygen atoms in total. The van der Waals surface area contributed by atoms with Crippen molar-refractivity contribution in [2.75, 3.05) is 25.0 Å². The standard InChI is InChI=1S/C13H21N3O2/c1-2-3-9-15-13(17)16-11-4-6-12(7-5-11)18-10-8-14/h4-7H,2-3,8-10,14H2,1H3,(H2,15,16,17). The zero-order valence-corrected chi connectivity index (χ0v) is 10.7. The summed E-state index contributed by atoms with van der Waals surface area (Å²) in [5, 5.41) is 5.54. The fourth-order valence-corrected chi connectivity index (χ4v) is 1.37. The van der Waals surface area contributed by atoms with Crippen LogP contribution in [0.25, 0.3) is 0 Å². The molecule has 0 bridgehead atoms. The lowest BCUT2D eigenvalue weighted by Gasteiger charge is -2.08. The van der Waals surface area contributed by atoms with Gasteiger partial charge in [0.1, 0.15) is 12.4 Å². The Bertz CT molecular complexity index is 352. The van der Waals surface area contributed by atoms with Crippen molar-refractivity contribution in [1.29, 1.82) is 0 Å². The van der Waals surface area contributed by atoms with Crippen molar-refractivity contribution in [3.8, 4) is 5.75 Å². The molecule has 1 rings (SSSR count). The maximum atomic E-state index is 11.5. The summed E-state index contributed by atoms with van der Waals surface area (Å²) in [5.74, 6) is 0.748. The van der Waals surface area contributed by atoms with E-state index in [0.717, 1.165) is 24.3 Å². The molecule has 2 amide bonds. The number of nitrogens with one attached hydrogen (secondary N) is 2. The lowest BCUT2D eigenvalue weighted by molar-refractivity contribution is 0.252. The van der Waals surface area contributed by atoms with Crippen LogP contribution in [0, 0.1) is 0 Å². The highest BCUT2D eigenvalue weighted by molar-refractivity contribution is 5.89. The molecule has 100 valence electrons. The highest BCUT2D eigenvalue weighted by Crippen LogP contribution is 2.15. The Morgan fingerprint density at radius 2 is 2.06 bits per heavy atom. The van der Waals surface area contributed by atoms with E-state index in [9.17, 15) is 4.79 Å². The summed E-state index contributed by atoms with van der Waals surface area (Å²) in [4.78, 5) is 11.5. The lowest BCUT2D eigenvalue weighted by atomic mass is 10.3. The molecule has 0 aliphatic carbocycles. The fraction of sp³-hybridized carbons (Fsp3) is 0.462. The summed E-state index contributed by atoms with van der Waals surface area (Å²) in [6.07, 6.45) is 2.05. The van der Waals surface area contributed by atoms with Crippen molar-refractivity contribution in [3.05, 3.63) is 24.3 Å². The number of carbonyl (C=O) groups is 1. The van der Waals surface area contributed by atoms with Gasteiger partial charge in [-0.15, -0.1) is 0 Å². The van der Waals surface area contributed by atoms with Gasteiger partial charge in [0, 0.05) is 18.8 Å². The maximum Gasteiger partial charge on any atom is 0.319 e. The predicted octanol–water partition coefficient (Wildman–Crippen LogP) is 1.95. The van der Waals surface area contributed by atoms with Crippen LogP contribution in [0.5, 0.6) is 5.75 Å². The van der Waals surface area contributed by atoms with Crippen LogP contribution in [0.15, 0.2) is 24.3 Å². The smallest absolute Gasteiger partial charge is 0.319 e. The molecule has 0 heterocycles. The van der Waals surface area contributed by atoms with E-state index < -0.39 is 0 Å². The highest BCUT2D eigenvalue weighted by Gasteiger charge is 2.00. The van der Waals surface area contributed by atoms with Crippen LogP contribution in [0.3, 0.4) is 0 Å². The number of anilines is 1. The van der Waals surface area contributed by atoms with Crippen LogP contribution < -0.4 is 21.1 Å². The number of hydrogen-bond donors (Lipinski definition) is 3. The first-order valence-electron chi connectivity index (χ1n) is 6.24. The minimum atomic E-state index is -0.181. The van der Waals surface area contributed by atoms with E-state index in [4.69, 9.17) is 10.5 Å². The van der Waals surface area contributed by atoms with Crippen molar-refractivity contribution in [2.24, 2.45) is 5.73 Å². The Morgan fingerprint density at radius 1 is 1.33 bits per heavy atom. The molecule has 0 saturated carbocycles. The summed E-state index contributed by atoms with van der Waals surface area (Å²) >= 11 is 0. The molecule has 0 saturated heterocycles. The number of amides is 2. The third-order valence-electron chi connectivity index (χ3n) is 2.31. The molecule has 0 aromatic heterocycles. The second kappa shape index (κ2) is 8.36. The molecular formula is C13H21N3O2. The molecule has 4 N–H and O–H groups in total. The Balaban J connectivity index is 2.35. The van der Waals surface area contributed by atoms with Gasteiger partial charge >= 0.3 is 6.03 Å². The van der Waals surface area contributed by atoms with Gasteiger partial charge in [0.2, 0.25) is 0 Å². The second-order valence-corrected chi connectivity index (χ2v) is 3.90. The van der Waals surface area contributed by atoms with Crippen LogP contribution in [-0.2, 0) is 0 Å². The minimum absolute atomic E-state index is 0.181.